The van der Waals surface area contributed by atoms with E-state index in [1.165, 1.54) is 0 Å². The summed E-state index contributed by atoms with van der Waals surface area (Å²) < 4.78 is 129. The molecule has 0 heterocycles. The summed E-state index contributed by atoms with van der Waals surface area (Å²) in [6.45, 7) is 0. The van der Waals surface area contributed by atoms with Gasteiger partial charge in [0.25, 0.3) is 0 Å². The third-order valence-electron chi connectivity index (χ3n) is 1.42. The van der Waals surface area contributed by atoms with Crippen molar-refractivity contribution in [1.29, 1.82) is 0 Å². The Hall–Kier alpha value is -1.03. The van der Waals surface area contributed by atoms with Crippen LogP contribution < -0.4 is 0 Å². The van der Waals surface area contributed by atoms with Crippen LogP contribution in [0, 0.1) is 0 Å². The molecule has 0 aliphatic rings. The predicted molar refractivity (Wildman–Crippen MR) is 31.2 cm³/mol. The van der Waals surface area contributed by atoms with E-state index in [2.05, 4.69) is 0 Å². The van der Waals surface area contributed by atoms with Crippen LogP contribution in [-0.2, 0) is 0 Å². The third kappa shape index (κ3) is 3.22. The third-order valence-corrected chi connectivity index (χ3v) is 1.42. The fourth-order valence-corrected chi connectivity index (χ4v) is 0.581. The summed E-state index contributed by atoms with van der Waals surface area (Å²) in [4.78, 5) is 0. The largest absolute Gasteiger partial charge is 0.442 e. The number of rotatable bonds is 1. The van der Waals surface area contributed by atoms with Crippen LogP contribution in [0.25, 0.3) is 0 Å². The summed E-state index contributed by atoms with van der Waals surface area (Å²) in [5.74, 6) is -3.82. The van der Waals surface area contributed by atoms with E-state index in [1.54, 1.807) is 0 Å². The average Bonchev–Trinajstić information content (AvgIpc) is 1.97. The summed E-state index contributed by atoms with van der Waals surface area (Å²) in [6.07, 6.45) is -21.9. The maximum atomic E-state index is 12.5. The normalized spacial score (nSPS) is 16.3. The predicted octanol–water partition coefficient (Wildman–Crippen LogP) is 4.24. The van der Waals surface area contributed by atoms with Crippen molar-refractivity contribution in [3.8, 4) is 0 Å². The highest BCUT2D eigenvalue weighted by Crippen LogP contribution is 2.48. The molecule has 0 atom stereocenters. The van der Waals surface area contributed by atoms with Gasteiger partial charge in [0.1, 0.15) is 0 Å². The van der Waals surface area contributed by atoms with Gasteiger partial charge in [-0.25, -0.2) is 8.78 Å². The summed E-state index contributed by atoms with van der Waals surface area (Å²) >= 11 is 0. The second-order valence-electron chi connectivity index (χ2n) is 2.70. The molecular formula is C6HF11. The molecule has 0 rings (SSSR count). The number of allylic oxidation sites excluding steroid dienone is 2. The van der Waals surface area contributed by atoms with Gasteiger partial charge in [0, 0.05) is 6.08 Å². The van der Waals surface area contributed by atoms with Crippen LogP contribution in [0.2, 0.25) is 0 Å². The molecule has 17 heavy (non-hydrogen) atoms. The lowest BCUT2D eigenvalue weighted by atomic mass is 10.0. The lowest BCUT2D eigenvalue weighted by molar-refractivity contribution is -0.323. The van der Waals surface area contributed by atoms with E-state index < -0.39 is 36.1 Å². The highest BCUT2D eigenvalue weighted by atomic mass is 19.4. The van der Waals surface area contributed by atoms with E-state index in [0.717, 1.165) is 0 Å². The molecule has 0 saturated carbocycles. The van der Waals surface area contributed by atoms with Gasteiger partial charge in [-0.3, -0.25) is 0 Å². The first-order valence-corrected chi connectivity index (χ1v) is 3.41. The first-order valence-electron chi connectivity index (χ1n) is 3.41. The standard InChI is InChI=1S/C6HF11/c7-2(4(9,10)11)1-3(8,5(12,13)14)6(15,16)17/h1H/b2-1-. The molecule has 0 nitrogen and oxygen atoms in total. The molecule has 0 radical (unpaired) electrons. The van der Waals surface area contributed by atoms with Gasteiger partial charge in [-0.2, -0.15) is 39.5 Å². The number of hydrogen-bond acceptors (Lipinski definition) is 0. The average molecular weight is 282 g/mol. The van der Waals surface area contributed by atoms with E-state index in [-0.39, 0.29) is 0 Å². The van der Waals surface area contributed by atoms with Gasteiger partial charge in [0.15, 0.2) is 0 Å². The molecule has 0 aliphatic heterocycles. The molecule has 0 amide bonds. The maximum Gasteiger partial charge on any atom is 0.442 e. The van der Waals surface area contributed by atoms with Crippen molar-refractivity contribution in [3.63, 3.8) is 0 Å². The van der Waals surface area contributed by atoms with Crippen LogP contribution in [0.4, 0.5) is 48.3 Å². The van der Waals surface area contributed by atoms with Gasteiger partial charge in [0.05, 0.1) is 0 Å². The van der Waals surface area contributed by atoms with Gasteiger partial charge < -0.3 is 0 Å². The van der Waals surface area contributed by atoms with Crippen LogP contribution in [0.3, 0.4) is 0 Å². The monoisotopic (exact) mass is 282 g/mol. The fourth-order valence-electron chi connectivity index (χ4n) is 0.581. The molecule has 11 heteroatoms. The number of halogens is 11. The summed E-state index contributed by atoms with van der Waals surface area (Å²) in [7, 11) is 0. The Morgan fingerprint density at radius 3 is 1.12 bits per heavy atom. The molecule has 0 unspecified atom stereocenters. The Morgan fingerprint density at radius 1 is 0.647 bits per heavy atom. The lowest BCUT2D eigenvalue weighted by Gasteiger charge is -2.27. The fraction of sp³-hybridized carbons (Fsp3) is 0.667. The highest BCUT2D eigenvalue weighted by Gasteiger charge is 2.72. The molecule has 0 aromatic heterocycles. The Bertz CT molecular complexity index is 285. The van der Waals surface area contributed by atoms with Crippen LogP contribution in [0.1, 0.15) is 0 Å². The Balaban J connectivity index is 5.73. The molecule has 0 spiro atoms. The van der Waals surface area contributed by atoms with Crippen molar-refractivity contribution < 1.29 is 48.3 Å². The number of hydrogen-bond donors (Lipinski definition) is 0. The SMILES string of the molecule is F/C(=C\C(F)(C(F)(F)F)C(F)(F)F)C(F)(F)F. The Morgan fingerprint density at radius 2 is 0.941 bits per heavy atom. The van der Waals surface area contributed by atoms with E-state index in [4.69, 9.17) is 0 Å². The van der Waals surface area contributed by atoms with Crippen LogP contribution in [0.5, 0.6) is 0 Å². The molecule has 0 bridgehead atoms. The topological polar surface area (TPSA) is 0 Å². The van der Waals surface area contributed by atoms with Crippen LogP contribution in [-0.4, -0.2) is 24.2 Å². The molecule has 0 aliphatic carbocycles. The zero-order valence-electron chi connectivity index (χ0n) is 7.23. The van der Waals surface area contributed by atoms with Crippen molar-refractivity contribution in [2.45, 2.75) is 24.2 Å². The van der Waals surface area contributed by atoms with E-state index in [1.807, 2.05) is 0 Å². The second-order valence-corrected chi connectivity index (χ2v) is 2.70. The van der Waals surface area contributed by atoms with Crippen molar-refractivity contribution >= 4 is 0 Å². The zero-order valence-corrected chi connectivity index (χ0v) is 7.23. The minimum atomic E-state index is -6.77. The summed E-state index contributed by atoms with van der Waals surface area (Å²) in [5, 5.41) is 0. The minimum absolute atomic E-state index is 2.19. The first kappa shape index (κ1) is 16.0. The van der Waals surface area contributed by atoms with Gasteiger partial charge in [-0.05, 0) is 0 Å². The zero-order chi connectivity index (χ0) is 14.3. The van der Waals surface area contributed by atoms with Crippen LogP contribution >= 0.6 is 0 Å². The van der Waals surface area contributed by atoms with Crippen molar-refractivity contribution in [2.24, 2.45) is 0 Å². The van der Waals surface area contributed by atoms with E-state index in [0.29, 0.717) is 0 Å². The molecule has 0 N–H and O–H groups in total. The van der Waals surface area contributed by atoms with Gasteiger partial charge >= 0.3 is 24.2 Å². The van der Waals surface area contributed by atoms with E-state index in [9.17, 15) is 48.3 Å². The van der Waals surface area contributed by atoms with Gasteiger partial charge in [-0.15, -0.1) is 0 Å². The molecular weight excluding hydrogens is 281 g/mol. The van der Waals surface area contributed by atoms with E-state index >= 15 is 0 Å². The minimum Gasteiger partial charge on any atom is -0.219 e. The molecule has 0 aromatic rings. The molecule has 0 aromatic carbocycles. The first-order chi connectivity index (χ1) is 7.13. The number of alkyl halides is 10. The van der Waals surface area contributed by atoms with Gasteiger partial charge in [-0.1, -0.05) is 0 Å². The van der Waals surface area contributed by atoms with Crippen molar-refractivity contribution in [3.05, 3.63) is 11.9 Å². The summed E-state index contributed by atoms with van der Waals surface area (Å²) in [6, 6.07) is 0. The van der Waals surface area contributed by atoms with Crippen LogP contribution in [0.15, 0.2) is 11.9 Å². The summed E-state index contributed by atoms with van der Waals surface area (Å²) in [5.41, 5.74) is -6.40. The Kier molecular flexibility index (Phi) is 3.77. The van der Waals surface area contributed by atoms with Crippen molar-refractivity contribution in [2.75, 3.05) is 0 Å². The quantitative estimate of drug-likeness (QED) is 0.631. The lowest BCUT2D eigenvalue weighted by Crippen LogP contribution is -2.52. The smallest absolute Gasteiger partial charge is 0.219 e. The van der Waals surface area contributed by atoms with Gasteiger partial charge in [0.2, 0.25) is 5.83 Å². The molecule has 0 fully saturated rings. The maximum absolute atomic E-state index is 12.5. The Labute approximate surface area is 85.7 Å². The molecule has 102 valence electrons. The second kappa shape index (κ2) is 4.02. The van der Waals surface area contributed by atoms with Crippen molar-refractivity contribution in [1.82, 2.24) is 0 Å². The highest BCUT2D eigenvalue weighted by molar-refractivity contribution is 5.16. The molecule has 0 saturated heterocycles.